The number of ether oxygens (including phenoxy) is 1. The van der Waals surface area contributed by atoms with Gasteiger partial charge in [0, 0.05) is 62.1 Å². The van der Waals surface area contributed by atoms with Gasteiger partial charge in [-0.2, -0.15) is 16.7 Å². The predicted molar refractivity (Wildman–Crippen MR) is 201 cm³/mol. The summed E-state index contributed by atoms with van der Waals surface area (Å²) in [6.07, 6.45) is 4.03. The fourth-order valence-corrected chi connectivity index (χ4v) is 6.66. The van der Waals surface area contributed by atoms with Crippen molar-refractivity contribution >= 4 is 32.8 Å². The minimum Gasteiger partial charge on any atom is -0.508 e. The van der Waals surface area contributed by atoms with Gasteiger partial charge in [-0.05, 0) is 46.7 Å². The van der Waals surface area contributed by atoms with E-state index < -0.39 is 0 Å². The molecule has 0 aliphatic rings. The van der Waals surface area contributed by atoms with E-state index in [1.165, 1.54) is 5.56 Å². The molecule has 0 unspecified atom stereocenters. The van der Waals surface area contributed by atoms with Gasteiger partial charge in [0.15, 0.2) is 17.4 Å². The number of hydrogen-bond donors (Lipinski definition) is 0. The first-order valence-electron chi connectivity index (χ1n) is 16.8. The van der Waals surface area contributed by atoms with E-state index in [0.717, 1.165) is 55.6 Å². The number of pyridine rings is 1. The maximum absolute atomic E-state index is 6.81. The van der Waals surface area contributed by atoms with Crippen LogP contribution in [0.25, 0.3) is 50.0 Å². The zero-order valence-corrected chi connectivity index (χ0v) is 31.4. The molecule has 252 valence electrons. The topological polar surface area (TPSA) is 36.9 Å². The molecule has 5 nitrogen and oxygen atoms in total. The molecule has 0 saturated carbocycles. The first-order chi connectivity index (χ1) is 23.6. The van der Waals surface area contributed by atoms with Crippen molar-refractivity contribution in [3.63, 3.8) is 0 Å². The second-order valence-electron chi connectivity index (χ2n) is 14.7. The summed E-state index contributed by atoms with van der Waals surface area (Å²) >= 11 is 0. The van der Waals surface area contributed by atoms with E-state index >= 15 is 0 Å². The van der Waals surface area contributed by atoms with E-state index in [4.69, 9.17) is 9.72 Å². The third-order valence-corrected chi connectivity index (χ3v) is 9.24. The van der Waals surface area contributed by atoms with Gasteiger partial charge in [-0.25, -0.2) is 9.55 Å². The molecule has 8 aromatic rings. The molecule has 3 heterocycles. The molecular weight excluding hydrogens is 796 g/mol. The molecule has 0 bridgehead atoms. The first kappa shape index (κ1) is 33.5. The standard InChI is InChI=1S/C44H39N4O.Pt/c1-43(2,3)30-24-25-45-42(26-30)48-37-17-11-10-16-34(37)35-22-21-33(28-40(35)48)49-41-27-32(20-23-36(41)44(4,5)6)47-29-46(31-14-8-7-9-15-31)38-18-12-13-19-39(38)47;/h7-26,29H,1-6H3;/q-1;. The van der Waals surface area contributed by atoms with Crippen LogP contribution in [0.15, 0.2) is 128 Å². The molecule has 8 rings (SSSR count). The zero-order chi connectivity index (χ0) is 33.9. The Kier molecular flexibility index (Phi) is 8.52. The Morgan fingerprint density at radius 3 is 2.04 bits per heavy atom. The molecule has 0 saturated heterocycles. The fraction of sp³-hybridized carbons (Fsp3) is 0.182. The molecule has 0 amide bonds. The van der Waals surface area contributed by atoms with Gasteiger partial charge in [0.05, 0.1) is 0 Å². The number of rotatable bonds is 5. The SMILES string of the molecule is CC(C)(C)c1ccnc(-n2c3[c-]c(Oc4[c-]c(-n5[cH+]n(-c6ccccc6)c6ccccc65)ccc4C(C)(C)C)ccc3c3ccccc32)c1.[Pt]. The molecule has 6 heteroatoms. The third-order valence-electron chi connectivity index (χ3n) is 9.24. The van der Waals surface area contributed by atoms with Crippen LogP contribution in [0.5, 0.6) is 11.5 Å². The Morgan fingerprint density at radius 2 is 1.32 bits per heavy atom. The molecule has 3 aromatic heterocycles. The van der Waals surface area contributed by atoms with Crippen LogP contribution in [0, 0.1) is 12.1 Å². The van der Waals surface area contributed by atoms with Crippen molar-refractivity contribution in [2.45, 2.75) is 52.4 Å². The van der Waals surface area contributed by atoms with Crippen molar-refractivity contribution in [1.82, 2.24) is 18.7 Å². The molecule has 0 atom stereocenters. The van der Waals surface area contributed by atoms with Crippen LogP contribution in [0.1, 0.15) is 52.7 Å². The van der Waals surface area contributed by atoms with Crippen LogP contribution >= 0.6 is 0 Å². The maximum Gasteiger partial charge on any atom is 0.168 e. The van der Waals surface area contributed by atoms with Crippen LogP contribution < -0.4 is 4.74 Å². The Hall–Kier alpha value is -4.99. The van der Waals surface area contributed by atoms with Crippen LogP contribution in [-0.4, -0.2) is 18.7 Å². The van der Waals surface area contributed by atoms with Gasteiger partial charge in [-0.15, -0.1) is 29.1 Å². The number of nitrogens with zero attached hydrogens (tertiary/aromatic N) is 4. The van der Waals surface area contributed by atoms with E-state index in [9.17, 15) is 0 Å². The normalized spacial score (nSPS) is 12.0. The van der Waals surface area contributed by atoms with Gasteiger partial charge in [0.1, 0.15) is 11.5 Å². The van der Waals surface area contributed by atoms with Crippen molar-refractivity contribution < 1.29 is 25.8 Å². The molecule has 0 spiro atoms. The number of benzene rings is 5. The number of hydrogen-bond acceptors (Lipinski definition) is 2. The zero-order valence-electron chi connectivity index (χ0n) is 29.1. The van der Waals surface area contributed by atoms with Crippen LogP contribution in [-0.2, 0) is 31.9 Å². The number of aromatic nitrogens is 4. The molecule has 0 aliphatic heterocycles. The summed E-state index contributed by atoms with van der Waals surface area (Å²) in [6, 6.07) is 47.4. The summed E-state index contributed by atoms with van der Waals surface area (Å²) in [5.41, 5.74) is 8.30. The van der Waals surface area contributed by atoms with Crippen molar-refractivity contribution in [2.75, 3.05) is 0 Å². The molecule has 5 aromatic carbocycles. The summed E-state index contributed by atoms with van der Waals surface area (Å²) in [4.78, 5) is 4.84. The molecule has 0 aliphatic carbocycles. The third kappa shape index (κ3) is 5.94. The van der Waals surface area contributed by atoms with E-state index in [2.05, 4.69) is 177 Å². The van der Waals surface area contributed by atoms with Gasteiger partial charge in [-0.1, -0.05) is 107 Å². The fourth-order valence-electron chi connectivity index (χ4n) is 6.66. The van der Waals surface area contributed by atoms with E-state index in [0.29, 0.717) is 11.5 Å². The second kappa shape index (κ2) is 12.7. The van der Waals surface area contributed by atoms with Crippen molar-refractivity contribution in [2.24, 2.45) is 0 Å². The Balaban J connectivity index is 0.00000392. The Bertz CT molecular complexity index is 2500. The monoisotopic (exact) mass is 834 g/mol. The summed E-state index contributed by atoms with van der Waals surface area (Å²) in [5.74, 6) is 2.17. The van der Waals surface area contributed by atoms with Gasteiger partial charge in [-0.3, -0.25) is 0 Å². The van der Waals surface area contributed by atoms with E-state index in [1.807, 2.05) is 18.3 Å². The van der Waals surface area contributed by atoms with Crippen molar-refractivity contribution in [3.05, 3.63) is 151 Å². The average Bonchev–Trinajstić information content (AvgIpc) is 3.64. The van der Waals surface area contributed by atoms with Crippen LogP contribution in [0.3, 0.4) is 0 Å². The summed E-state index contributed by atoms with van der Waals surface area (Å²) in [6.45, 7) is 13.3. The minimum absolute atomic E-state index is 0. The maximum atomic E-state index is 6.81. The van der Waals surface area contributed by atoms with Crippen LogP contribution in [0.2, 0.25) is 0 Å². The Labute approximate surface area is 308 Å². The second-order valence-corrected chi connectivity index (χ2v) is 14.7. The smallest absolute Gasteiger partial charge is 0.168 e. The quantitative estimate of drug-likeness (QED) is 0.162. The van der Waals surface area contributed by atoms with Gasteiger partial charge >= 0.3 is 0 Å². The molecule has 0 fully saturated rings. The summed E-state index contributed by atoms with van der Waals surface area (Å²) in [5, 5.41) is 2.25. The molecular formula is C44H39N4OPt-. The number of para-hydroxylation sites is 4. The Morgan fingerprint density at radius 1 is 0.640 bits per heavy atom. The first-order valence-corrected chi connectivity index (χ1v) is 16.8. The molecule has 0 radical (unpaired) electrons. The van der Waals surface area contributed by atoms with Crippen molar-refractivity contribution in [3.8, 4) is 28.7 Å². The minimum atomic E-state index is -0.177. The van der Waals surface area contributed by atoms with Gasteiger partial charge in [0.25, 0.3) is 0 Å². The largest absolute Gasteiger partial charge is 0.508 e. The number of imidazole rings is 1. The number of fused-ring (bicyclic) bond motifs is 4. The van der Waals surface area contributed by atoms with E-state index in [-0.39, 0.29) is 31.9 Å². The van der Waals surface area contributed by atoms with Crippen molar-refractivity contribution in [1.29, 1.82) is 0 Å². The van der Waals surface area contributed by atoms with Crippen LogP contribution in [0.4, 0.5) is 0 Å². The van der Waals surface area contributed by atoms with E-state index in [1.54, 1.807) is 0 Å². The molecule has 0 N–H and O–H groups in total. The summed E-state index contributed by atoms with van der Waals surface area (Å²) in [7, 11) is 0. The van der Waals surface area contributed by atoms with Gasteiger partial charge < -0.3 is 9.30 Å². The average molecular weight is 835 g/mol. The summed E-state index contributed by atoms with van der Waals surface area (Å²) < 4.78 is 13.4. The predicted octanol–water partition coefficient (Wildman–Crippen LogP) is 11.2. The van der Waals surface area contributed by atoms with Gasteiger partial charge in [0.2, 0.25) is 0 Å². The molecule has 50 heavy (non-hydrogen) atoms.